The minimum Gasteiger partial charge on any atom is -0.308 e. The maximum absolute atomic E-state index is 13.7. The van der Waals surface area contributed by atoms with Gasteiger partial charge in [-0.3, -0.25) is 14.7 Å². The highest BCUT2D eigenvalue weighted by Crippen LogP contribution is 2.25. The summed E-state index contributed by atoms with van der Waals surface area (Å²) in [5.41, 5.74) is 2.19. The lowest BCUT2D eigenvalue weighted by Crippen LogP contribution is -2.32. The topological polar surface area (TPSA) is 116 Å². The van der Waals surface area contributed by atoms with Crippen molar-refractivity contribution >= 4 is 38.2 Å². The molecule has 5 rings (SSSR count). The molecule has 0 saturated heterocycles. The Morgan fingerprint density at radius 3 is 2.29 bits per heavy atom. The number of aromatic nitrogens is 3. The zero-order valence-electron chi connectivity index (χ0n) is 22.7. The molecule has 9 nitrogen and oxygen atoms in total. The summed E-state index contributed by atoms with van der Waals surface area (Å²) in [6.07, 6.45) is -0.0167. The quantitative estimate of drug-likeness (QED) is 0.195. The first-order valence-electron chi connectivity index (χ1n) is 13.0. The van der Waals surface area contributed by atoms with Crippen LogP contribution in [-0.2, 0) is 27.8 Å². The van der Waals surface area contributed by atoms with Crippen LogP contribution in [0.25, 0.3) is 10.8 Å². The summed E-state index contributed by atoms with van der Waals surface area (Å²) in [6, 6.07) is 29.5. The number of benzene rings is 4. The first kappa shape index (κ1) is 27.9. The first-order chi connectivity index (χ1) is 19.7. The van der Waals surface area contributed by atoms with Gasteiger partial charge in [0.25, 0.3) is 0 Å². The Bertz CT molecular complexity index is 1820. The number of sulfonamides is 1. The van der Waals surface area contributed by atoms with E-state index in [9.17, 15) is 18.0 Å². The average Bonchev–Trinajstić information content (AvgIpc) is 3.45. The van der Waals surface area contributed by atoms with Crippen LogP contribution in [0.2, 0.25) is 0 Å². The van der Waals surface area contributed by atoms with Crippen LogP contribution in [0.4, 0.5) is 5.69 Å². The number of hydrogen-bond donors (Lipinski definition) is 1. The van der Waals surface area contributed by atoms with Crippen LogP contribution in [0.5, 0.6) is 0 Å². The number of carbonyl (C=O) groups excluding carboxylic acids is 2. The molecule has 4 aromatic carbocycles. The molecule has 1 heterocycles. The van der Waals surface area contributed by atoms with Gasteiger partial charge in [-0.1, -0.05) is 72.8 Å². The van der Waals surface area contributed by atoms with Crippen molar-refractivity contribution in [3.05, 3.63) is 120 Å². The molecule has 0 bridgehead atoms. The predicted octanol–water partition coefficient (Wildman–Crippen LogP) is 4.61. The van der Waals surface area contributed by atoms with Gasteiger partial charge in [-0.25, -0.2) is 17.7 Å². The molecule has 0 saturated carbocycles. The van der Waals surface area contributed by atoms with Gasteiger partial charge in [0.15, 0.2) is 0 Å². The number of nitrogens with one attached hydrogen (secondary N) is 1. The molecule has 208 valence electrons. The minimum absolute atomic E-state index is 0.0437. The number of hydrogen-bond acceptors (Lipinski definition) is 6. The number of nitrogens with zero attached hydrogens (tertiary/aromatic N) is 4. The standard InChI is InChI=1S/C31H29N5O4S/c1-35(2)41(39,40)27-14-8-13-26(19-27)36(21-23-15-16-24-11-6-7-12-25(24)17-23)30(38)20-28(37)31-32-29(33-34-31)18-22-9-4-3-5-10-22/h3-17,19H,18,20-21H2,1-2H3,(H,32,33,34). The zero-order chi connectivity index (χ0) is 29.0. The lowest BCUT2D eigenvalue weighted by molar-refractivity contribution is -0.117. The van der Waals surface area contributed by atoms with E-state index in [1.807, 2.05) is 72.8 Å². The second-order valence-corrected chi connectivity index (χ2v) is 12.0. The molecule has 41 heavy (non-hydrogen) atoms. The van der Waals surface area contributed by atoms with Crippen LogP contribution in [0, 0.1) is 0 Å². The predicted molar refractivity (Wildman–Crippen MR) is 157 cm³/mol. The van der Waals surface area contributed by atoms with E-state index in [-0.39, 0.29) is 17.3 Å². The zero-order valence-corrected chi connectivity index (χ0v) is 23.5. The molecule has 0 fully saturated rings. The number of carbonyl (C=O) groups is 2. The molecule has 1 amide bonds. The van der Waals surface area contributed by atoms with Gasteiger partial charge in [-0.05, 0) is 46.2 Å². The van der Waals surface area contributed by atoms with Gasteiger partial charge in [0.1, 0.15) is 5.82 Å². The van der Waals surface area contributed by atoms with Crippen molar-refractivity contribution in [2.75, 3.05) is 19.0 Å². The normalized spacial score (nSPS) is 11.6. The van der Waals surface area contributed by atoms with Gasteiger partial charge in [0.05, 0.1) is 17.9 Å². The van der Waals surface area contributed by atoms with E-state index in [4.69, 9.17) is 0 Å². The molecule has 0 aliphatic carbocycles. The van der Waals surface area contributed by atoms with E-state index in [1.165, 1.54) is 31.1 Å². The summed E-state index contributed by atoms with van der Waals surface area (Å²) < 4.78 is 26.8. The second kappa shape index (κ2) is 11.8. The van der Waals surface area contributed by atoms with E-state index in [1.54, 1.807) is 12.1 Å². The van der Waals surface area contributed by atoms with Crippen molar-refractivity contribution in [1.82, 2.24) is 19.5 Å². The number of H-pyrrole nitrogens is 1. The van der Waals surface area contributed by atoms with E-state index in [0.29, 0.717) is 17.9 Å². The maximum Gasteiger partial charge on any atom is 0.242 e. The largest absolute Gasteiger partial charge is 0.308 e. The molecule has 0 aliphatic heterocycles. The number of fused-ring (bicyclic) bond motifs is 1. The lowest BCUT2D eigenvalue weighted by atomic mass is 10.1. The summed E-state index contributed by atoms with van der Waals surface area (Å²) in [5, 5.41) is 8.88. The fourth-order valence-electron chi connectivity index (χ4n) is 4.47. The molecule has 1 aromatic heterocycles. The highest BCUT2D eigenvalue weighted by Gasteiger charge is 2.25. The molecule has 1 N–H and O–H groups in total. The third-order valence-electron chi connectivity index (χ3n) is 6.67. The lowest BCUT2D eigenvalue weighted by Gasteiger charge is -2.24. The van der Waals surface area contributed by atoms with Crippen molar-refractivity contribution in [1.29, 1.82) is 0 Å². The van der Waals surface area contributed by atoms with Crippen LogP contribution in [0.15, 0.2) is 102 Å². The number of anilines is 1. The molecule has 5 aromatic rings. The summed E-state index contributed by atoms with van der Waals surface area (Å²) in [6.45, 7) is 0.135. The van der Waals surface area contributed by atoms with Crippen LogP contribution in [-0.4, -0.2) is 53.7 Å². The van der Waals surface area contributed by atoms with Gasteiger partial charge in [-0.2, -0.15) is 5.10 Å². The van der Waals surface area contributed by atoms with Gasteiger partial charge in [0.2, 0.25) is 27.5 Å². The third kappa shape index (κ3) is 6.40. The Hall–Kier alpha value is -4.67. The maximum atomic E-state index is 13.7. The van der Waals surface area contributed by atoms with Crippen molar-refractivity contribution in [2.24, 2.45) is 0 Å². The van der Waals surface area contributed by atoms with Crippen LogP contribution in [0.3, 0.4) is 0 Å². The van der Waals surface area contributed by atoms with Crippen molar-refractivity contribution in [3.63, 3.8) is 0 Å². The monoisotopic (exact) mass is 567 g/mol. The minimum atomic E-state index is -3.75. The summed E-state index contributed by atoms with van der Waals surface area (Å²) >= 11 is 0. The number of aromatic amines is 1. The van der Waals surface area contributed by atoms with Crippen LogP contribution in [0.1, 0.15) is 34.0 Å². The number of ketones is 1. The molecule has 0 radical (unpaired) electrons. The average molecular weight is 568 g/mol. The van der Waals surface area contributed by atoms with Crippen molar-refractivity contribution in [2.45, 2.75) is 24.3 Å². The molecular formula is C31H29N5O4S. The fourth-order valence-corrected chi connectivity index (χ4v) is 5.41. The molecular weight excluding hydrogens is 538 g/mol. The van der Waals surface area contributed by atoms with Crippen LogP contribution < -0.4 is 4.90 Å². The summed E-state index contributed by atoms with van der Waals surface area (Å²) in [4.78, 5) is 32.5. The number of Topliss-reactive ketones (excluding diaryl/α,β-unsaturated/α-hetero) is 1. The highest BCUT2D eigenvalue weighted by molar-refractivity contribution is 7.89. The second-order valence-electron chi connectivity index (χ2n) is 9.81. The molecule has 0 aliphatic rings. The van der Waals surface area contributed by atoms with E-state index < -0.39 is 28.1 Å². The van der Waals surface area contributed by atoms with E-state index in [0.717, 1.165) is 26.2 Å². The van der Waals surface area contributed by atoms with E-state index >= 15 is 0 Å². The van der Waals surface area contributed by atoms with Crippen molar-refractivity contribution in [3.8, 4) is 0 Å². The molecule has 10 heteroatoms. The SMILES string of the molecule is CN(C)S(=O)(=O)c1cccc(N(Cc2ccc3ccccc3c2)C(=O)CC(=O)c2n[nH]c(Cc3ccccc3)n2)c1. The Morgan fingerprint density at radius 1 is 0.805 bits per heavy atom. The number of amides is 1. The highest BCUT2D eigenvalue weighted by atomic mass is 32.2. The Kier molecular flexibility index (Phi) is 8.04. The Morgan fingerprint density at radius 2 is 1.54 bits per heavy atom. The number of rotatable bonds is 10. The van der Waals surface area contributed by atoms with Crippen LogP contribution >= 0.6 is 0 Å². The van der Waals surface area contributed by atoms with Crippen molar-refractivity contribution < 1.29 is 18.0 Å². The van der Waals surface area contributed by atoms with Gasteiger partial charge in [-0.15, -0.1) is 0 Å². The molecule has 0 atom stereocenters. The Balaban J connectivity index is 1.42. The third-order valence-corrected chi connectivity index (χ3v) is 8.48. The van der Waals surface area contributed by atoms with Gasteiger partial charge < -0.3 is 4.90 Å². The first-order valence-corrected chi connectivity index (χ1v) is 14.4. The fraction of sp³-hybridized carbons (Fsp3) is 0.161. The summed E-state index contributed by atoms with van der Waals surface area (Å²) in [5.74, 6) is -0.594. The smallest absolute Gasteiger partial charge is 0.242 e. The molecule has 0 spiro atoms. The van der Waals surface area contributed by atoms with Gasteiger partial charge in [0, 0.05) is 26.2 Å². The molecule has 0 unspecified atom stereocenters. The summed E-state index contributed by atoms with van der Waals surface area (Å²) in [7, 11) is -0.853. The Labute approximate surface area is 238 Å². The van der Waals surface area contributed by atoms with Gasteiger partial charge >= 0.3 is 0 Å². The van der Waals surface area contributed by atoms with E-state index in [2.05, 4.69) is 15.2 Å².